The summed E-state index contributed by atoms with van der Waals surface area (Å²) in [5, 5.41) is 1.15. The fourth-order valence-electron chi connectivity index (χ4n) is 2.03. The summed E-state index contributed by atoms with van der Waals surface area (Å²) < 4.78 is 0. The van der Waals surface area contributed by atoms with Crippen molar-refractivity contribution in [3.8, 4) is 11.1 Å². The van der Waals surface area contributed by atoms with Gasteiger partial charge in [-0.2, -0.15) is 0 Å². The number of benzene rings is 1. The molecule has 0 bridgehead atoms. The molecule has 84 valence electrons. The number of hydrogen-bond donors (Lipinski definition) is 2. The summed E-state index contributed by atoms with van der Waals surface area (Å²) >= 11 is 0. The highest BCUT2D eigenvalue weighted by Gasteiger charge is 2.04. The van der Waals surface area contributed by atoms with E-state index in [0.717, 1.165) is 16.6 Å². The molecule has 0 radical (unpaired) electrons. The first kappa shape index (κ1) is 10.1. The van der Waals surface area contributed by atoms with Crippen LogP contribution >= 0.6 is 0 Å². The molecule has 0 aliphatic heterocycles. The van der Waals surface area contributed by atoms with Crippen LogP contribution in [0.3, 0.4) is 0 Å². The third-order valence-corrected chi connectivity index (χ3v) is 2.96. The standard InChI is InChI=1S/C14H13N3/c15-9-10-1-3-11(4-2-10)12-5-7-16-14-13(12)6-8-17-14/h1-8H,9,15H2,(H,16,17). The number of fused-ring (bicyclic) bond motifs is 1. The maximum atomic E-state index is 5.60. The summed E-state index contributed by atoms with van der Waals surface area (Å²) in [6, 6.07) is 12.4. The number of hydrogen-bond acceptors (Lipinski definition) is 2. The molecule has 2 aromatic heterocycles. The molecule has 3 heteroatoms. The predicted molar refractivity (Wildman–Crippen MR) is 69.4 cm³/mol. The summed E-state index contributed by atoms with van der Waals surface area (Å²) in [7, 11) is 0. The first-order valence-electron chi connectivity index (χ1n) is 5.60. The smallest absolute Gasteiger partial charge is 0.137 e. The molecule has 0 unspecified atom stereocenters. The van der Waals surface area contributed by atoms with Crippen molar-refractivity contribution in [2.45, 2.75) is 6.54 Å². The van der Waals surface area contributed by atoms with Crippen LogP contribution in [0.15, 0.2) is 48.8 Å². The molecule has 3 aromatic rings. The van der Waals surface area contributed by atoms with Gasteiger partial charge >= 0.3 is 0 Å². The molecule has 0 aliphatic carbocycles. The summed E-state index contributed by atoms with van der Waals surface area (Å²) in [5.41, 5.74) is 10.0. The lowest BCUT2D eigenvalue weighted by molar-refractivity contribution is 1.07. The molecule has 3 nitrogen and oxygen atoms in total. The van der Waals surface area contributed by atoms with Crippen molar-refractivity contribution in [2.75, 3.05) is 0 Å². The van der Waals surface area contributed by atoms with Crippen LogP contribution in [0.2, 0.25) is 0 Å². The quantitative estimate of drug-likeness (QED) is 0.701. The summed E-state index contributed by atoms with van der Waals surface area (Å²) in [6.07, 6.45) is 3.74. The predicted octanol–water partition coefficient (Wildman–Crippen LogP) is 2.69. The van der Waals surface area contributed by atoms with E-state index in [4.69, 9.17) is 5.73 Å². The molecule has 0 aliphatic rings. The number of pyridine rings is 1. The van der Waals surface area contributed by atoms with Crippen molar-refractivity contribution in [1.82, 2.24) is 9.97 Å². The molecule has 0 fully saturated rings. The van der Waals surface area contributed by atoms with Gasteiger partial charge < -0.3 is 10.7 Å². The zero-order chi connectivity index (χ0) is 11.7. The maximum absolute atomic E-state index is 5.60. The van der Waals surface area contributed by atoms with Gasteiger partial charge in [0.1, 0.15) is 5.65 Å². The van der Waals surface area contributed by atoms with Gasteiger partial charge in [-0.1, -0.05) is 24.3 Å². The minimum absolute atomic E-state index is 0.580. The van der Waals surface area contributed by atoms with E-state index in [9.17, 15) is 0 Å². The van der Waals surface area contributed by atoms with Crippen LogP contribution < -0.4 is 5.73 Å². The lowest BCUT2D eigenvalue weighted by Crippen LogP contribution is -1.95. The second-order valence-corrected chi connectivity index (χ2v) is 4.00. The Morgan fingerprint density at radius 2 is 1.88 bits per heavy atom. The number of H-pyrrole nitrogens is 1. The van der Waals surface area contributed by atoms with Crippen LogP contribution in [-0.4, -0.2) is 9.97 Å². The fourth-order valence-corrected chi connectivity index (χ4v) is 2.03. The Morgan fingerprint density at radius 1 is 1.06 bits per heavy atom. The monoisotopic (exact) mass is 223 g/mol. The van der Waals surface area contributed by atoms with Gasteiger partial charge in [-0.25, -0.2) is 4.98 Å². The zero-order valence-corrected chi connectivity index (χ0v) is 9.35. The van der Waals surface area contributed by atoms with Crippen LogP contribution in [0, 0.1) is 0 Å². The Morgan fingerprint density at radius 3 is 2.65 bits per heavy atom. The second-order valence-electron chi connectivity index (χ2n) is 4.00. The lowest BCUT2D eigenvalue weighted by atomic mass is 10.0. The van der Waals surface area contributed by atoms with E-state index in [2.05, 4.69) is 40.3 Å². The summed E-state index contributed by atoms with van der Waals surface area (Å²) in [5.74, 6) is 0. The molecule has 0 saturated carbocycles. The molecule has 0 spiro atoms. The molecule has 1 aromatic carbocycles. The van der Waals surface area contributed by atoms with Crippen LogP contribution in [0.4, 0.5) is 0 Å². The Kier molecular flexibility index (Phi) is 2.38. The molecule has 3 N–H and O–H groups in total. The molecular formula is C14H13N3. The van der Waals surface area contributed by atoms with Crippen LogP contribution in [0.1, 0.15) is 5.56 Å². The molecule has 17 heavy (non-hydrogen) atoms. The summed E-state index contributed by atoms with van der Waals surface area (Å²) in [6.45, 7) is 0.580. The van der Waals surface area contributed by atoms with Gasteiger partial charge in [0.25, 0.3) is 0 Å². The van der Waals surface area contributed by atoms with E-state index in [1.807, 2.05) is 18.5 Å². The van der Waals surface area contributed by atoms with Crippen molar-refractivity contribution >= 4 is 11.0 Å². The highest BCUT2D eigenvalue weighted by atomic mass is 14.8. The van der Waals surface area contributed by atoms with Gasteiger partial charge in [-0.05, 0) is 28.8 Å². The number of nitrogens with two attached hydrogens (primary N) is 1. The van der Waals surface area contributed by atoms with Crippen molar-refractivity contribution in [2.24, 2.45) is 5.73 Å². The largest absolute Gasteiger partial charge is 0.346 e. The minimum atomic E-state index is 0.580. The van der Waals surface area contributed by atoms with E-state index < -0.39 is 0 Å². The van der Waals surface area contributed by atoms with Gasteiger partial charge in [-0.3, -0.25) is 0 Å². The first-order chi connectivity index (χ1) is 8.38. The molecule has 0 atom stereocenters. The fraction of sp³-hybridized carbons (Fsp3) is 0.0714. The van der Waals surface area contributed by atoms with Gasteiger partial charge in [0.05, 0.1) is 0 Å². The van der Waals surface area contributed by atoms with Crippen molar-refractivity contribution in [3.63, 3.8) is 0 Å². The van der Waals surface area contributed by atoms with Gasteiger partial charge in [-0.15, -0.1) is 0 Å². The molecule has 3 rings (SSSR count). The van der Waals surface area contributed by atoms with E-state index in [-0.39, 0.29) is 0 Å². The van der Waals surface area contributed by atoms with E-state index in [1.54, 1.807) is 0 Å². The molecule has 0 saturated heterocycles. The van der Waals surface area contributed by atoms with E-state index in [0.29, 0.717) is 6.54 Å². The maximum Gasteiger partial charge on any atom is 0.137 e. The Hall–Kier alpha value is -2.13. The number of aromatic amines is 1. The normalized spacial score (nSPS) is 10.9. The third-order valence-electron chi connectivity index (χ3n) is 2.96. The average Bonchev–Trinajstić information content (AvgIpc) is 2.87. The van der Waals surface area contributed by atoms with Crippen LogP contribution in [-0.2, 0) is 6.54 Å². The van der Waals surface area contributed by atoms with Crippen LogP contribution in [0.25, 0.3) is 22.2 Å². The Labute approximate surface area is 99.3 Å². The van der Waals surface area contributed by atoms with Gasteiger partial charge in [0.2, 0.25) is 0 Å². The van der Waals surface area contributed by atoms with Gasteiger partial charge in [0.15, 0.2) is 0 Å². The highest BCUT2D eigenvalue weighted by molar-refractivity contribution is 5.92. The third kappa shape index (κ3) is 1.70. The van der Waals surface area contributed by atoms with Crippen molar-refractivity contribution in [3.05, 3.63) is 54.4 Å². The second kappa shape index (κ2) is 4.03. The van der Waals surface area contributed by atoms with Crippen LogP contribution in [0.5, 0.6) is 0 Å². The number of nitrogens with one attached hydrogen (secondary N) is 1. The average molecular weight is 223 g/mol. The van der Waals surface area contributed by atoms with Crippen molar-refractivity contribution < 1.29 is 0 Å². The lowest BCUT2D eigenvalue weighted by Gasteiger charge is -2.04. The van der Waals surface area contributed by atoms with E-state index in [1.165, 1.54) is 11.1 Å². The SMILES string of the molecule is NCc1ccc(-c2ccnc3[nH]ccc23)cc1. The zero-order valence-electron chi connectivity index (χ0n) is 9.35. The van der Waals surface area contributed by atoms with E-state index >= 15 is 0 Å². The molecule has 0 amide bonds. The van der Waals surface area contributed by atoms with Crippen molar-refractivity contribution in [1.29, 1.82) is 0 Å². The number of aromatic nitrogens is 2. The summed E-state index contributed by atoms with van der Waals surface area (Å²) in [4.78, 5) is 7.41. The Balaban J connectivity index is 2.16. The molecule has 2 heterocycles. The van der Waals surface area contributed by atoms with Gasteiger partial charge in [0, 0.05) is 24.3 Å². The topological polar surface area (TPSA) is 54.7 Å². The first-order valence-corrected chi connectivity index (χ1v) is 5.60. The Bertz CT molecular complexity index is 638. The number of rotatable bonds is 2. The number of nitrogens with zero attached hydrogens (tertiary/aromatic N) is 1. The minimum Gasteiger partial charge on any atom is -0.346 e. The highest BCUT2D eigenvalue weighted by Crippen LogP contribution is 2.26. The molecular weight excluding hydrogens is 210 g/mol.